The summed E-state index contributed by atoms with van der Waals surface area (Å²) in [6, 6.07) is 6.10. The number of hydrogen-bond acceptors (Lipinski definition) is 3. The van der Waals surface area contributed by atoms with E-state index in [0.717, 1.165) is 5.56 Å². The first-order valence-electron chi connectivity index (χ1n) is 6.39. The largest absolute Gasteiger partial charge is 0.386 e. The Morgan fingerprint density at radius 3 is 2.79 bits per heavy atom. The van der Waals surface area contributed by atoms with E-state index in [1.54, 1.807) is 12.1 Å². The van der Waals surface area contributed by atoms with Crippen molar-refractivity contribution in [1.29, 1.82) is 0 Å². The summed E-state index contributed by atoms with van der Waals surface area (Å²) in [5.74, 6) is -0.402. The second kappa shape index (κ2) is 6.12. The van der Waals surface area contributed by atoms with Crippen molar-refractivity contribution in [2.24, 2.45) is 0 Å². The van der Waals surface area contributed by atoms with Crippen molar-refractivity contribution >= 4 is 5.91 Å². The summed E-state index contributed by atoms with van der Waals surface area (Å²) in [4.78, 5) is 11.6. The monoisotopic (exact) mass is 267 g/mol. The van der Waals surface area contributed by atoms with E-state index in [1.807, 2.05) is 0 Å². The number of nitrogens with one attached hydrogen (secondary N) is 1. The van der Waals surface area contributed by atoms with Gasteiger partial charge in [-0.15, -0.1) is 0 Å². The lowest BCUT2D eigenvalue weighted by atomic mass is 10.0. The zero-order chi connectivity index (χ0) is 13.7. The van der Waals surface area contributed by atoms with Crippen molar-refractivity contribution in [3.63, 3.8) is 0 Å². The molecule has 1 aromatic rings. The minimum atomic E-state index is -0.925. The Balaban J connectivity index is 1.71. The number of aliphatic hydroxyl groups is 1. The van der Waals surface area contributed by atoms with Gasteiger partial charge in [-0.2, -0.15) is 0 Å². The van der Waals surface area contributed by atoms with Crippen LogP contribution in [0.25, 0.3) is 0 Å². The lowest BCUT2D eigenvalue weighted by Crippen LogP contribution is -2.43. The van der Waals surface area contributed by atoms with E-state index >= 15 is 0 Å². The van der Waals surface area contributed by atoms with Crippen molar-refractivity contribution in [3.05, 3.63) is 35.6 Å². The predicted octanol–water partition coefficient (Wildman–Crippen LogP) is 1.03. The first kappa shape index (κ1) is 14.0. The molecule has 0 radical (unpaired) electrons. The zero-order valence-corrected chi connectivity index (χ0v) is 10.7. The molecule has 1 aromatic carbocycles. The second-order valence-electron chi connectivity index (χ2n) is 4.93. The molecule has 1 heterocycles. The number of amides is 1. The van der Waals surface area contributed by atoms with E-state index in [-0.39, 0.29) is 24.9 Å². The van der Waals surface area contributed by atoms with Crippen LogP contribution >= 0.6 is 0 Å². The Morgan fingerprint density at radius 1 is 1.42 bits per heavy atom. The number of benzene rings is 1. The number of rotatable bonds is 5. The van der Waals surface area contributed by atoms with Crippen molar-refractivity contribution in [3.8, 4) is 0 Å². The molecule has 1 atom stereocenters. The molecule has 104 valence electrons. The van der Waals surface area contributed by atoms with Gasteiger partial charge < -0.3 is 15.2 Å². The molecule has 1 aliphatic rings. The maximum absolute atomic E-state index is 12.7. The van der Waals surface area contributed by atoms with Gasteiger partial charge >= 0.3 is 0 Å². The van der Waals surface area contributed by atoms with Crippen LogP contribution in [-0.2, 0) is 16.0 Å². The molecule has 0 spiro atoms. The fraction of sp³-hybridized carbons (Fsp3) is 0.500. The van der Waals surface area contributed by atoms with Crippen LogP contribution in [0.4, 0.5) is 4.39 Å². The third kappa shape index (κ3) is 4.29. The summed E-state index contributed by atoms with van der Waals surface area (Å²) >= 11 is 0. The van der Waals surface area contributed by atoms with Gasteiger partial charge in [0.1, 0.15) is 11.4 Å². The topological polar surface area (TPSA) is 58.6 Å². The van der Waals surface area contributed by atoms with E-state index in [1.165, 1.54) is 12.1 Å². The number of carbonyl (C=O) groups is 1. The van der Waals surface area contributed by atoms with Gasteiger partial charge in [-0.3, -0.25) is 4.79 Å². The van der Waals surface area contributed by atoms with Crippen molar-refractivity contribution in [1.82, 2.24) is 5.32 Å². The fourth-order valence-electron chi connectivity index (χ4n) is 2.00. The van der Waals surface area contributed by atoms with Crippen LogP contribution in [0.2, 0.25) is 0 Å². The maximum Gasteiger partial charge on any atom is 0.220 e. The van der Waals surface area contributed by atoms with Crippen LogP contribution in [0.5, 0.6) is 0 Å². The highest BCUT2D eigenvalue weighted by Crippen LogP contribution is 2.16. The third-order valence-corrected chi connectivity index (χ3v) is 3.25. The third-order valence-electron chi connectivity index (χ3n) is 3.25. The van der Waals surface area contributed by atoms with Gasteiger partial charge in [-0.1, -0.05) is 12.1 Å². The highest BCUT2D eigenvalue weighted by atomic mass is 19.1. The molecule has 19 heavy (non-hydrogen) atoms. The molecule has 1 fully saturated rings. The van der Waals surface area contributed by atoms with E-state index in [0.29, 0.717) is 25.9 Å². The standard InChI is InChI=1S/C14H18FNO3/c15-12-4-1-11(2-5-12)3-6-13(17)16-9-14(18)7-8-19-10-14/h1-2,4-5,18H,3,6-10H2,(H,16,17). The summed E-state index contributed by atoms with van der Waals surface area (Å²) in [5.41, 5.74) is -0.00890. The molecular weight excluding hydrogens is 249 g/mol. The maximum atomic E-state index is 12.7. The number of aryl methyl sites for hydroxylation is 1. The summed E-state index contributed by atoms with van der Waals surface area (Å²) in [5, 5.41) is 12.7. The minimum absolute atomic E-state index is 0.121. The van der Waals surface area contributed by atoms with E-state index in [4.69, 9.17) is 4.74 Å². The van der Waals surface area contributed by atoms with Crippen LogP contribution < -0.4 is 5.32 Å². The number of hydrogen-bond donors (Lipinski definition) is 2. The van der Waals surface area contributed by atoms with Gasteiger partial charge in [0.15, 0.2) is 0 Å². The molecule has 0 aliphatic carbocycles. The van der Waals surface area contributed by atoms with Crippen molar-refractivity contribution in [2.45, 2.75) is 24.9 Å². The number of carbonyl (C=O) groups excluding carboxylic acids is 1. The van der Waals surface area contributed by atoms with Gasteiger partial charge in [0, 0.05) is 26.0 Å². The molecule has 1 aliphatic heterocycles. The van der Waals surface area contributed by atoms with Crippen LogP contribution in [0.15, 0.2) is 24.3 Å². The van der Waals surface area contributed by atoms with Crippen LogP contribution in [0.3, 0.4) is 0 Å². The Hall–Kier alpha value is -1.46. The summed E-state index contributed by atoms with van der Waals surface area (Å²) in [6.45, 7) is 1.02. The molecule has 2 rings (SSSR count). The lowest BCUT2D eigenvalue weighted by Gasteiger charge is -2.20. The highest BCUT2D eigenvalue weighted by Gasteiger charge is 2.32. The normalized spacial score (nSPS) is 22.4. The minimum Gasteiger partial charge on any atom is -0.386 e. The van der Waals surface area contributed by atoms with E-state index < -0.39 is 5.60 Å². The fourth-order valence-corrected chi connectivity index (χ4v) is 2.00. The summed E-state index contributed by atoms with van der Waals surface area (Å²) in [7, 11) is 0. The Labute approximate surface area is 111 Å². The molecule has 2 N–H and O–H groups in total. The van der Waals surface area contributed by atoms with Gasteiger partial charge in [0.25, 0.3) is 0 Å². The lowest BCUT2D eigenvalue weighted by molar-refractivity contribution is -0.122. The smallest absolute Gasteiger partial charge is 0.220 e. The molecule has 5 heteroatoms. The van der Waals surface area contributed by atoms with Gasteiger partial charge in [-0.05, 0) is 24.1 Å². The number of halogens is 1. The van der Waals surface area contributed by atoms with Crippen molar-refractivity contribution in [2.75, 3.05) is 19.8 Å². The van der Waals surface area contributed by atoms with E-state index in [2.05, 4.69) is 5.32 Å². The zero-order valence-electron chi connectivity index (χ0n) is 10.7. The molecular formula is C14H18FNO3. The SMILES string of the molecule is O=C(CCc1ccc(F)cc1)NCC1(O)CCOC1. The second-order valence-corrected chi connectivity index (χ2v) is 4.93. The molecule has 1 saturated heterocycles. The quantitative estimate of drug-likeness (QED) is 0.837. The predicted molar refractivity (Wildman–Crippen MR) is 68.1 cm³/mol. The van der Waals surface area contributed by atoms with E-state index in [9.17, 15) is 14.3 Å². The Kier molecular flexibility index (Phi) is 4.50. The number of ether oxygens (including phenoxy) is 1. The summed E-state index contributed by atoms with van der Waals surface area (Å²) < 4.78 is 17.8. The van der Waals surface area contributed by atoms with Crippen LogP contribution in [0, 0.1) is 5.82 Å². The average molecular weight is 267 g/mol. The molecule has 1 amide bonds. The molecule has 4 nitrogen and oxygen atoms in total. The summed E-state index contributed by atoms with van der Waals surface area (Å²) in [6.07, 6.45) is 1.43. The van der Waals surface area contributed by atoms with Crippen LogP contribution in [0.1, 0.15) is 18.4 Å². The molecule has 0 saturated carbocycles. The van der Waals surface area contributed by atoms with Crippen molar-refractivity contribution < 1.29 is 19.0 Å². The average Bonchev–Trinajstić information content (AvgIpc) is 2.83. The molecule has 0 aromatic heterocycles. The Morgan fingerprint density at radius 2 is 2.16 bits per heavy atom. The first-order chi connectivity index (χ1) is 9.07. The van der Waals surface area contributed by atoms with Gasteiger partial charge in [0.05, 0.1) is 6.61 Å². The molecule has 1 unspecified atom stereocenters. The highest BCUT2D eigenvalue weighted by molar-refractivity contribution is 5.76. The first-order valence-corrected chi connectivity index (χ1v) is 6.39. The van der Waals surface area contributed by atoms with Crippen LogP contribution in [-0.4, -0.2) is 36.4 Å². The van der Waals surface area contributed by atoms with Gasteiger partial charge in [-0.25, -0.2) is 4.39 Å². The van der Waals surface area contributed by atoms with Gasteiger partial charge in [0.2, 0.25) is 5.91 Å². The molecule has 0 bridgehead atoms. The Bertz CT molecular complexity index is 427.